The largest absolute Gasteiger partial charge is 0.493 e. The Morgan fingerprint density at radius 2 is 1.97 bits per heavy atom. The van der Waals surface area contributed by atoms with Crippen LogP contribution in [0.3, 0.4) is 0 Å². The van der Waals surface area contributed by atoms with E-state index in [-0.39, 0.29) is 17.7 Å². The maximum atomic E-state index is 13.8. The number of carbonyl (C=O) groups excluding carboxylic acids is 1. The van der Waals surface area contributed by atoms with Gasteiger partial charge >= 0.3 is 5.97 Å². The van der Waals surface area contributed by atoms with Crippen molar-refractivity contribution in [2.75, 3.05) is 20.3 Å². The Balaban J connectivity index is 2.03. The molecule has 0 amide bonds. The molecule has 2 aromatic carbocycles. The van der Waals surface area contributed by atoms with E-state index in [0.29, 0.717) is 54.3 Å². The minimum atomic E-state index is -0.834. The second-order valence-electron chi connectivity index (χ2n) is 7.78. The number of hydrogen-bond acceptors (Lipinski definition) is 7. The fraction of sp³-hybridized carbons (Fsp3) is 0.269. The number of esters is 1. The molecule has 1 atom stereocenters. The van der Waals surface area contributed by atoms with Crippen LogP contribution in [0, 0.1) is 0 Å². The second-order valence-corrected chi connectivity index (χ2v) is 9.63. The number of hydrogen-bond donors (Lipinski definition) is 0. The molecular formula is C26H24Cl2N2O5S. The maximum absolute atomic E-state index is 13.8. The lowest BCUT2D eigenvalue weighted by Crippen LogP contribution is -2.40. The number of carbonyl (C=O) groups is 1. The lowest BCUT2D eigenvalue weighted by Gasteiger charge is -2.26. The van der Waals surface area contributed by atoms with Crippen molar-refractivity contribution >= 4 is 46.6 Å². The first-order valence-corrected chi connectivity index (χ1v) is 12.8. The van der Waals surface area contributed by atoms with Gasteiger partial charge in [-0.25, -0.2) is 9.79 Å². The van der Waals surface area contributed by atoms with Gasteiger partial charge in [-0.3, -0.25) is 9.36 Å². The van der Waals surface area contributed by atoms with Crippen molar-refractivity contribution < 1.29 is 19.0 Å². The molecule has 1 aliphatic heterocycles. The predicted molar refractivity (Wildman–Crippen MR) is 141 cm³/mol. The van der Waals surface area contributed by atoms with Crippen LogP contribution in [0.15, 0.2) is 57.5 Å². The Morgan fingerprint density at radius 3 is 2.64 bits per heavy atom. The van der Waals surface area contributed by atoms with E-state index in [4.69, 9.17) is 37.4 Å². The molecule has 0 radical (unpaired) electrons. The molecule has 0 spiro atoms. The lowest BCUT2D eigenvalue weighted by molar-refractivity contribution is -0.139. The molecule has 0 saturated heterocycles. The van der Waals surface area contributed by atoms with Gasteiger partial charge in [-0.15, -0.1) is 0 Å². The molecule has 36 heavy (non-hydrogen) atoms. The van der Waals surface area contributed by atoms with Crippen LogP contribution in [0.5, 0.6) is 11.5 Å². The topological polar surface area (TPSA) is 79.1 Å². The lowest BCUT2D eigenvalue weighted by atomic mass is 9.94. The number of benzene rings is 2. The Labute approximate surface area is 221 Å². The first-order chi connectivity index (χ1) is 17.3. The van der Waals surface area contributed by atoms with Crippen LogP contribution < -0.4 is 24.4 Å². The maximum Gasteiger partial charge on any atom is 0.338 e. The molecule has 1 aromatic heterocycles. The predicted octanol–water partition coefficient (Wildman–Crippen LogP) is 4.51. The second kappa shape index (κ2) is 10.9. The van der Waals surface area contributed by atoms with Gasteiger partial charge in [-0.2, -0.15) is 0 Å². The fourth-order valence-corrected chi connectivity index (χ4v) is 5.55. The van der Waals surface area contributed by atoms with Gasteiger partial charge in [-0.05, 0) is 50.6 Å². The van der Waals surface area contributed by atoms with Crippen LogP contribution in [0.2, 0.25) is 10.0 Å². The number of para-hydroxylation sites is 1. The molecular weight excluding hydrogens is 523 g/mol. The molecule has 0 N–H and O–H groups in total. The summed E-state index contributed by atoms with van der Waals surface area (Å²) < 4.78 is 18.7. The summed E-state index contributed by atoms with van der Waals surface area (Å²) in [5, 5.41) is 0.912. The van der Waals surface area contributed by atoms with Crippen LogP contribution in [-0.4, -0.2) is 30.9 Å². The van der Waals surface area contributed by atoms with Crippen molar-refractivity contribution in [2.45, 2.75) is 26.8 Å². The number of aromatic nitrogens is 1. The van der Waals surface area contributed by atoms with E-state index in [1.54, 1.807) is 50.3 Å². The number of rotatable bonds is 7. The molecule has 0 aliphatic carbocycles. The minimum absolute atomic E-state index is 0.179. The summed E-state index contributed by atoms with van der Waals surface area (Å²) in [6.45, 7) is 5.85. The van der Waals surface area contributed by atoms with E-state index in [0.717, 1.165) is 0 Å². The minimum Gasteiger partial charge on any atom is -0.493 e. The Hall–Kier alpha value is -3.07. The molecule has 3 aromatic rings. The number of nitrogens with zero attached hydrogens (tertiary/aromatic N) is 2. The van der Waals surface area contributed by atoms with Gasteiger partial charge in [0.25, 0.3) is 5.56 Å². The monoisotopic (exact) mass is 546 g/mol. The third-order valence-corrected chi connectivity index (χ3v) is 7.12. The zero-order chi connectivity index (χ0) is 26.0. The molecule has 0 fully saturated rings. The summed E-state index contributed by atoms with van der Waals surface area (Å²) in [5.74, 6) is 0.380. The number of halogens is 2. The summed E-state index contributed by atoms with van der Waals surface area (Å²) in [7, 11) is 1.54. The van der Waals surface area contributed by atoms with Crippen LogP contribution >= 0.6 is 34.5 Å². The number of ether oxygens (including phenoxy) is 3. The van der Waals surface area contributed by atoms with E-state index in [1.807, 2.05) is 13.0 Å². The van der Waals surface area contributed by atoms with E-state index >= 15 is 0 Å². The number of allylic oxidation sites excluding steroid dienone is 1. The van der Waals surface area contributed by atoms with Crippen molar-refractivity contribution in [1.29, 1.82) is 0 Å². The van der Waals surface area contributed by atoms with Gasteiger partial charge < -0.3 is 14.2 Å². The molecule has 7 nitrogen and oxygen atoms in total. The van der Waals surface area contributed by atoms with Gasteiger partial charge in [-0.1, -0.05) is 52.7 Å². The third-order valence-electron chi connectivity index (χ3n) is 5.58. The highest BCUT2D eigenvalue weighted by molar-refractivity contribution is 7.07. The SMILES string of the molecule is CCOC(=O)C1=C(C)N=c2s/c(=C\c3ccc(Cl)cc3Cl)c(=O)n2[C@H]1c1cccc(OC)c1OCC. The van der Waals surface area contributed by atoms with Crippen molar-refractivity contribution in [3.63, 3.8) is 0 Å². The highest BCUT2D eigenvalue weighted by atomic mass is 35.5. The third kappa shape index (κ3) is 4.81. The van der Waals surface area contributed by atoms with E-state index in [9.17, 15) is 9.59 Å². The van der Waals surface area contributed by atoms with E-state index < -0.39 is 12.0 Å². The molecule has 2 heterocycles. The Morgan fingerprint density at radius 1 is 1.19 bits per heavy atom. The van der Waals surface area contributed by atoms with Gasteiger partial charge in [0.2, 0.25) is 0 Å². The normalized spacial score (nSPS) is 15.4. The summed E-state index contributed by atoms with van der Waals surface area (Å²) in [5.41, 5.74) is 1.62. The fourth-order valence-electron chi connectivity index (χ4n) is 4.05. The van der Waals surface area contributed by atoms with Crippen LogP contribution in [-0.2, 0) is 9.53 Å². The average Bonchev–Trinajstić information content (AvgIpc) is 3.15. The first-order valence-electron chi connectivity index (χ1n) is 11.2. The van der Waals surface area contributed by atoms with E-state index in [2.05, 4.69) is 4.99 Å². The van der Waals surface area contributed by atoms with Gasteiger partial charge in [0, 0.05) is 15.6 Å². The quantitative estimate of drug-likeness (QED) is 0.407. The van der Waals surface area contributed by atoms with Crippen LogP contribution in [0.4, 0.5) is 0 Å². The zero-order valence-electron chi connectivity index (χ0n) is 20.1. The van der Waals surface area contributed by atoms with Crippen LogP contribution in [0.1, 0.15) is 37.9 Å². The molecule has 0 unspecified atom stereocenters. The van der Waals surface area contributed by atoms with Crippen molar-refractivity contribution in [1.82, 2.24) is 4.57 Å². The van der Waals surface area contributed by atoms with Crippen molar-refractivity contribution in [3.8, 4) is 11.5 Å². The number of methoxy groups -OCH3 is 1. The van der Waals surface area contributed by atoms with Gasteiger partial charge in [0.05, 0.1) is 36.1 Å². The molecule has 188 valence electrons. The Bertz CT molecular complexity index is 1540. The summed E-state index contributed by atoms with van der Waals surface area (Å²) in [4.78, 5) is 32.0. The smallest absolute Gasteiger partial charge is 0.338 e. The van der Waals surface area contributed by atoms with Gasteiger partial charge in [0.1, 0.15) is 6.04 Å². The van der Waals surface area contributed by atoms with Crippen LogP contribution in [0.25, 0.3) is 6.08 Å². The Kier molecular flexibility index (Phi) is 7.88. The molecule has 0 saturated carbocycles. The van der Waals surface area contributed by atoms with Crippen molar-refractivity contribution in [2.24, 2.45) is 4.99 Å². The van der Waals surface area contributed by atoms with E-state index in [1.165, 1.54) is 23.0 Å². The highest BCUT2D eigenvalue weighted by Crippen LogP contribution is 2.40. The standard InChI is InChI=1S/C26H24Cl2N2O5S/c1-5-34-23-17(8-7-9-19(23)33-4)22-21(25(32)35-6-2)14(3)29-26-30(22)24(31)20(36-26)12-15-10-11-16(27)13-18(15)28/h7-13,22H,5-6H2,1-4H3/b20-12-/t22-/m0/s1. The summed E-state index contributed by atoms with van der Waals surface area (Å²) >= 11 is 13.6. The molecule has 1 aliphatic rings. The summed E-state index contributed by atoms with van der Waals surface area (Å²) in [6.07, 6.45) is 1.69. The molecule has 10 heteroatoms. The molecule has 4 rings (SSSR count). The average molecular weight is 547 g/mol. The zero-order valence-corrected chi connectivity index (χ0v) is 22.5. The summed E-state index contributed by atoms with van der Waals surface area (Å²) in [6, 6.07) is 9.59. The van der Waals surface area contributed by atoms with Crippen molar-refractivity contribution in [3.05, 3.63) is 88.5 Å². The first kappa shape index (κ1) is 26.0. The van der Waals surface area contributed by atoms with Gasteiger partial charge in [0.15, 0.2) is 16.3 Å². The number of fused-ring (bicyclic) bond motifs is 1. The number of thiazole rings is 1. The molecule has 0 bridgehead atoms. The highest BCUT2D eigenvalue weighted by Gasteiger charge is 2.36.